The van der Waals surface area contributed by atoms with Gasteiger partial charge in [0.05, 0.1) is 0 Å². The lowest BCUT2D eigenvalue weighted by Gasteiger charge is -2.09. The fourth-order valence-corrected chi connectivity index (χ4v) is 2.96. The predicted octanol–water partition coefficient (Wildman–Crippen LogP) is 4.39. The third-order valence-electron chi connectivity index (χ3n) is 4.20. The number of carbonyl (C=O) groups is 1. The van der Waals surface area contributed by atoms with E-state index in [0.717, 1.165) is 18.8 Å². The first-order chi connectivity index (χ1) is 8.65. The first-order valence-corrected chi connectivity index (χ1v) is 7.23. The topological polar surface area (TPSA) is 17.1 Å². The molecule has 0 amide bonds. The van der Waals surface area contributed by atoms with E-state index < -0.39 is 0 Å². The number of hydrogen-bond acceptors (Lipinski definition) is 1. The van der Waals surface area contributed by atoms with Crippen LogP contribution in [0.4, 0.5) is 0 Å². The zero-order valence-corrected chi connectivity index (χ0v) is 11.7. The Kier molecular flexibility index (Phi) is 4.57. The van der Waals surface area contributed by atoms with Crippen LogP contribution in [0.5, 0.6) is 0 Å². The zero-order valence-electron chi connectivity index (χ0n) is 11.7. The molecule has 2 rings (SSSR count). The minimum absolute atomic E-state index is 0.413. The summed E-state index contributed by atoms with van der Waals surface area (Å²) in [5, 5.41) is 0. The summed E-state index contributed by atoms with van der Waals surface area (Å²) in [7, 11) is 0. The van der Waals surface area contributed by atoms with Crippen LogP contribution in [-0.2, 0) is 11.2 Å². The van der Waals surface area contributed by atoms with Gasteiger partial charge in [-0.2, -0.15) is 0 Å². The molecule has 98 valence electrons. The maximum absolute atomic E-state index is 12.0. The highest BCUT2D eigenvalue weighted by atomic mass is 16.1. The highest BCUT2D eigenvalue weighted by molar-refractivity contribution is 5.81. The van der Waals surface area contributed by atoms with E-state index in [4.69, 9.17) is 0 Å². The molecule has 0 radical (unpaired) electrons. The SMILES string of the molecule is Cc1ccc(C)c(CC(=O)CCC2CCCC2)c1. The van der Waals surface area contributed by atoms with Crippen LogP contribution in [0.1, 0.15) is 55.2 Å². The second kappa shape index (κ2) is 6.17. The van der Waals surface area contributed by atoms with Gasteiger partial charge in [0.1, 0.15) is 5.78 Å². The molecule has 18 heavy (non-hydrogen) atoms. The van der Waals surface area contributed by atoms with E-state index in [1.165, 1.54) is 42.4 Å². The van der Waals surface area contributed by atoms with Gasteiger partial charge in [-0.05, 0) is 37.3 Å². The lowest BCUT2D eigenvalue weighted by atomic mass is 9.95. The van der Waals surface area contributed by atoms with Crippen molar-refractivity contribution in [3.8, 4) is 0 Å². The van der Waals surface area contributed by atoms with Crippen molar-refractivity contribution < 1.29 is 4.79 Å². The molecule has 1 aliphatic carbocycles. The van der Waals surface area contributed by atoms with E-state index >= 15 is 0 Å². The van der Waals surface area contributed by atoms with Crippen LogP contribution in [0, 0.1) is 19.8 Å². The summed E-state index contributed by atoms with van der Waals surface area (Å²) in [6.45, 7) is 4.19. The van der Waals surface area contributed by atoms with Crippen LogP contribution in [0.25, 0.3) is 0 Å². The molecule has 1 aliphatic rings. The van der Waals surface area contributed by atoms with Gasteiger partial charge in [0, 0.05) is 12.8 Å². The van der Waals surface area contributed by atoms with Gasteiger partial charge in [-0.15, -0.1) is 0 Å². The van der Waals surface area contributed by atoms with Crippen molar-refractivity contribution in [1.29, 1.82) is 0 Å². The Labute approximate surface area is 111 Å². The molecule has 0 atom stereocenters. The number of aryl methyl sites for hydroxylation is 2. The largest absolute Gasteiger partial charge is 0.299 e. The molecule has 0 heterocycles. The van der Waals surface area contributed by atoms with Crippen LogP contribution in [0.3, 0.4) is 0 Å². The number of benzene rings is 1. The maximum atomic E-state index is 12.0. The van der Waals surface area contributed by atoms with Crippen LogP contribution >= 0.6 is 0 Å². The van der Waals surface area contributed by atoms with E-state index in [0.29, 0.717) is 12.2 Å². The van der Waals surface area contributed by atoms with E-state index in [1.54, 1.807) is 0 Å². The average molecular weight is 244 g/mol. The zero-order chi connectivity index (χ0) is 13.0. The Morgan fingerprint density at radius 2 is 1.94 bits per heavy atom. The number of ketones is 1. The van der Waals surface area contributed by atoms with Crippen LogP contribution in [-0.4, -0.2) is 5.78 Å². The number of carbonyl (C=O) groups excluding carboxylic acids is 1. The first kappa shape index (κ1) is 13.3. The van der Waals surface area contributed by atoms with Crippen molar-refractivity contribution in [3.63, 3.8) is 0 Å². The molecule has 1 nitrogen and oxygen atoms in total. The van der Waals surface area contributed by atoms with Crippen molar-refractivity contribution >= 4 is 5.78 Å². The quantitative estimate of drug-likeness (QED) is 0.751. The molecule has 0 bridgehead atoms. The van der Waals surface area contributed by atoms with Crippen molar-refractivity contribution in [2.75, 3.05) is 0 Å². The molecule has 1 aromatic rings. The van der Waals surface area contributed by atoms with Crippen LogP contribution in [0.15, 0.2) is 18.2 Å². The Morgan fingerprint density at radius 3 is 2.67 bits per heavy atom. The van der Waals surface area contributed by atoms with Gasteiger partial charge in [-0.25, -0.2) is 0 Å². The standard InChI is InChI=1S/C17H24O/c1-13-7-8-14(2)16(11-13)12-17(18)10-9-15-5-3-4-6-15/h7-8,11,15H,3-6,9-10,12H2,1-2H3. The van der Waals surface area contributed by atoms with Gasteiger partial charge in [0.2, 0.25) is 0 Å². The van der Waals surface area contributed by atoms with E-state index in [2.05, 4.69) is 32.0 Å². The predicted molar refractivity (Wildman–Crippen MR) is 75.8 cm³/mol. The highest BCUT2D eigenvalue weighted by Gasteiger charge is 2.16. The van der Waals surface area contributed by atoms with Crippen LogP contribution in [0.2, 0.25) is 0 Å². The van der Waals surface area contributed by atoms with Gasteiger partial charge in [-0.3, -0.25) is 4.79 Å². The van der Waals surface area contributed by atoms with Crippen molar-refractivity contribution in [2.45, 2.75) is 58.8 Å². The molecule has 1 saturated carbocycles. The molecule has 0 spiro atoms. The molecular weight excluding hydrogens is 220 g/mol. The Hall–Kier alpha value is -1.11. The third-order valence-corrected chi connectivity index (χ3v) is 4.20. The second-order valence-electron chi connectivity index (χ2n) is 5.83. The summed E-state index contributed by atoms with van der Waals surface area (Å²) in [4.78, 5) is 12.0. The molecule has 0 N–H and O–H groups in total. The van der Waals surface area contributed by atoms with Gasteiger partial charge < -0.3 is 0 Å². The summed E-state index contributed by atoms with van der Waals surface area (Å²) in [6, 6.07) is 6.39. The third kappa shape index (κ3) is 3.69. The molecule has 1 heteroatoms. The lowest BCUT2D eigenvalue weighted by Crippen LogP contribution is -2.06. The Balaban J connectivity index is 1.84. The summed E-state index contributed by atoms with van der Waals surface area (Å²) in [6.07, 6.45) is 7.95. The Morgan fingerprint density at radius 1 is 1.22 bits per heavy atom. The van der Waals surface area contributed by atoms with Gasteiger partial charge in [0.15, 0.2) is 0 Å². The lowest BCUT2D eigenvalue weighted by molar-refractivity contribution is -0.118. The monoisotopic (exact) mass is 244 g/mol. The number of hydrogen-bond donors (Lipinski definition) is 0. The summed E-state index contributed by atoms with van der Waals surface area (Å²) in [5.74, 6) is 1.24. The average Bonchev–Trinajstić information content (AvgIpc) is 2.84. The summed E-state index contributed by atoms with van der Waals surface area (Å²) < 4.78 is 0. The minimum Gasteiger partial charge on any atom is -0.299 e. The van der Waals surface area contributed by atoms with Gasteiger partial charge in [-0.1, -0.05) is 49.4 Å². The number of Topliss-reactive ketones (excluding diaryl/α,β-unsaturated/α-hetero) is 1. The van der Waals surface area contributed by atoms with Crippen molar-refractivity contribution in [1.82, 2.24) is 0 Å². The second-order valence-corrected chi connectivity index (χ2v) is 5.83. The van der Waals surface area contributed by atoms with Crippen molar-refractivity contribution in [3.05, 3.63) is 34.9 Å². The normalized spacial score (nSPS) is 16.1. The van der Waals surface area contributed by atoms with Gasteiger partial charge in [0.25, 0.3) is 0 Å². The minimum atomic E-state index is 0.413. The molecule has 1 fully saturated rings. The highest BCUT2D eigenvalue weighted by Crippen LogP contribution is 2.28. The van der Waals surface area contributed by atoms with Gasteiger partial charge >= 0.3 is 0 Å². The molecule has 0 saturated heterocycles. The smallest absolute Gasteiger partial charge is 0.137 e. The fourth-order valence-electron chi connectivity index (χ4n) is 2.96. The first-order valence-electron chi connectivity index (χ1n) is 7.23. The Bertz CT molecular complexity index is 414. The molecule has 0 aromatic heterocycles. The molecular formula is C17H24O. The fraction of sp³-hybridized carbons (Fsp3) is 0.588. The summed E-state index contributed by atoms with van der Waals surface area (Å²) >= 11 is 0. The maximum Gasteiger partial charge on any atom is 0.137 e. The van der Waals surface area contributed by atoms with E-state index in [9.17, 15) is 4.79 Å². The van der Waals surface area contributed by atoms with E-state index in [-0.39, 0.29) is 0 Å². The number of rotatable bonds is 5. The molecule has 0 unspecified atom stereocenters. The van der Waals surface area contributed by atoms with Crippen LogP contribution < -0.4 is 0 Å². The molecule has 0 aliphatic heterocycles. The summed E-state index contributed by atoms with van der Waals surface area (Å²) in [5.41, 5.74) is 3.71. The van der Waals surface area contributed by atoms with Crippen molar-refractivity contribution in [2.24, 2.45) is 5.92 Å². The molecule has 1 aromatic carbocycles. The van der Waals surface area contributed by atoms with E-state index in [1.807, 2.05) is 0 Å².